The Bertz CT molecular complexity index is 424. The van der Waals surface area contributed by atoms with Crippen LogP contribution in [0.25, 0.3) is 0 Å². The third kappa shape index (κ3) is 3.49. The van der Waals surface area contributed by atoms with Crippen molar-refractivity contribution < 1.29 is 9.90 Å². The number of primary amides is 1. The van der Waals surface area contributed by atoms with Gasteiger partial charge < -0.3 is 16.2 Å². The molecule has 0 aliphatic heterocycles. The van der Waals surface area contributed by atoms with Crippen LogP contribution >= 0.6 is 23.2 Å². The molecule has 0 aromatic heterocycles. The maximum Gasteiger partial charge on any atom is 0.234 e. The van der Waals surface area contributed by atoms with Gasteiger partial charge in [-0.3, -0.25) is 4.79 Å². The van der Waals surface area contributed by atoms with Gasteiger partial charge in [-0.1, -0.05) is 36.2 Å². The Morgan fingerprint density at radius 2 is 2.12 bits per heavy atom. The number of rotatable bonds is 5. The lowest BCUT2D eigenvalue weighted by atomic mass is 10.1. The van der Waals surface area contributed by atoms with Crippen molar-refractivity contribution in [3.63, 3.8) is 0 Å². The molecule has 1 amide bonds. The first-order valence-corrected chi connectivity index (χ1v) is 5.91. The average molecular weight is 277 g/mol. The van der Waals surface area contributed by atoms with E-state index in [0.29, 0.717) is 18.5 Å². The number of benzene rings is 1. The number of amides is 1. The molecule has 1 rings (SSSR count). The smallest absolute Gasteiger partial charge is 0.234 e. The van der Waals surface area contributed by atoms with Gasteiger partial charge in [0.2, 0.25) is 5.91 Å². The number of aromatic hydroxyl groups is 1. The third-order valence-electron chi connectivity index (χ3n) is 2.43. The molecule has 0 saturated carbocycles. The normalized spacial score (nSPS) is 12.4. The molecule has 1 unspecified atom stereocenters. The first-order chi connectivity index (χ1) is 7.97. The number of phenolic OH excluding ortho intramolecular Hbond substituents is 1. The molecular weight excluding hydrogens is 263 g/mol. The van der Waals surface area contributed by atoms with Crippen molar-refractivity contribution >= 4 is 29.1 Å². The second-order valence-corrected chi connectivity index (χ2v) is 4.37. The Labute approximate surface area is 110 Å². The summed E-state index contributed by atoms with van der Waals surface area (Å²) in [4.78, 5) is 11.0. The van der Waals surface area contributed by atoms with Crippen LogP contribution in [0.4, 0.5) is 0 Å². The lowest BCUT2D eigenvalue weighted by Crippen LogP contribution is -2.40. The monoisotopic (exact) mass is 276 g/mol. The van der Waals surface area contributed by atoms with Gasteiger partial charge in [-0.15, -0.1) is 0 Å². The van der Waals surface area contributed by atoms with Crippen LogP contribution in [0, 0.1) is 0 Å². The van der Waals surface area contributed by atoms with Gasteiger partial charge in [0.25, 0.3) is 0 Å². The van der Waals surface area contributed by atoms with E-state index >= 15 is 0 Å². The van der Waals surface area contributed by atoms with Crippen molar-refractivity contribution in [2.75, 3.05) is 0 Å². The highest BCUT2D eigenvalue weighted by Crippen LogP contribution is 2.33. The Morgan fingerprint density at radius 1 is 1.47 bits per heavy atom. The van der Waals surface area contributed by atoms with Gasteiger partial charge in [-0.2, -0.15) is 0 Å². The lowest BCUT2D eigenvalue weighted by molar-refractivity contribution is -0.120. The highest BCUT2D eigenvalue weighted by atomic mass is 35.5. The summed E-state index contributed by atoms with van der Waals surface area (Å²) in [5.74, 6) is -0.476. The molecule has 0 aliphatic carbocycles. The van der Waals surface area contributed by atoms with Gasteiger partial charge in [-0.25, -0.2) is 0 Å². The van der Waals surface area contributed by atoms with E-state index in [1.54, 1.807) is 6.07 Å². The van der Waals surface area contributed by atoms with Crippen LogP contribution in [0.3, 0.4) is 0 Å². The molecule has 1 aromatic carbocycles. The molecule has 1 atom stereocenters. The number of carbonyl (C=O) groups excluding carboxylic acids is 1. The number of nitrogens with two attached hydrogens (primary N) is 1. The summed E-state index contributed by atoms with van der Waals surface area (Å²) in [6, 6.07) is 2.69. The molecule has 94 valence electrons. The molecule has 0 fully saturated rings. The number of nitrogens with one attached hydrogen (secondary N) is 1. The molecule has 1 aromatic rings. The van der Waals surface area contributed by atoms with Crippen molar-refractivity contribution in [2.24, 2.45) is 5.73 Å². The minimum absolute atomic E-state index is 0.0673. The van der Waals surface area contributed by atoms with E-state index in [9.17, 15) is 9.90 Å². The molecule has 0 spiro atoms. The van der Waals surface area contributed by atoms with Crippen molar-refractivity contribution in [1.82, 2.24) is 5.32 Å². The Kier molecular flexibility index (Phi) is 5.05. The highest BCUT2D eigenvalue weighted by Gasteiger charge is 2.14. The van der Waals surface area contributed by atoms with E-state index < -0.39 is 11.9 Å². The molecule has 6 heteroatoms. The van der Waals surface area contributed by atoms with E-state index in [2.05, 4.69) is 5.32 Å². The zero-order valence-corrected chi connectivity index (χ0v) is 10.8. The van der Waals surface area contributed by atoms with Gasteiger partial charge in [0.1, 0.15) is 10.8 Å². The summed E-state index contributed by atoms with van der Waals surface area (Å²) in [7, 11) is 0. The fourth-order valence-electron chi connectivity index (χ4n) is 1.40. The van der Waals surface area contributed by atoms with Gasteiger partial charge >= 0.3 is 0 Å². The molecule has 0 bridgehead atoms. The molecule has 0 aliphatic rings. The zero-order valence-electron chi connectivity index (χ0n) is 9.34. The van der Waals surface area contributed by atoms with Gasteiger partial charge in [0.05, 0.1) is 11.1 Å². The first-order valence-electron chi connectivity index (χ1n) is 5.15. The summed E-state index contributed by atoms with van der Waals surface area (Å²) < 4.78 is 0. The predicted molar refractivity (Wildman–Crippen MR) is 68.2 cm³/mol. The van der Waals surface area contributed by atoms with Crippen molar-refractivity contribution in [3.8, 4) is 5.75 Å². The fraction of sp³-hybridized carbons (Fsp3) is 0.364. The van der Waals surface area contributed by atoms with E-state index in [1.807, 2.05) is 6.92 Å². The number of phenols is 1. The number of hydrogen-bond acceptors (Lipinski definition) is 3. The number of carbonyl (C=O) groups is 1. The standard InChI is InChI=1S/C11H14Cl2N2O2/c1-2-7(11(14)17)15-5-6-3-4-8(16)10(13)9(6)12/h3-4,7,15-16H,2,5H2,1H3,(H2,14,17). The topological polar surface area (TPSA) is 75.3 Å². The van der Waals surface area contributed by atoms with Crippen LogP contribution < -0.4 is 11.1 Å². The van der Waals surface area contributed by atoms with Crippen LogP contribution in [0.5, 0.6) is 5.75 Å². The van der Waals surface area contributed by atoms with Crippen LogP contribution in [-0.2, 0) is 11.3 Å². The van der Waals surface area contributed by atoms with E-state index in [0.717, 1.165) is 0 Å². The van der Waals surface area contributed by atoms with E-state index in [-0.39, 0.29) is 15.8 Å². The summed E-state index contributed by atoms with van der Waals surface area (Å²) in [5.41, 5.74) is 5.91. The van der Waals surface area contributed by atoms with Crippen LogP contribution in [0.1, 0.15) is 18.9 Å². The Balaban J connectivity index is 2.76. The maximum absolute atomic E-state index is 11.0. The maximum atomic E-state index is 11.0. The predicted octanol–water partition coefficient (Wildman–Crippen LogP) is 2.05. The lowest BCUT2D eigenvalue weighted by Gasteiger charge is -2.14. The summed E-state index contributed by atoms with van der Waals surface area (Å²) in [5, 5.41) is 12.7. The molecule has 4 nitrogen and oxygen atoms in total. The first kappa shape index (κ1) is 14.1. The van der Waals surface area contributed by atoms with Crippen molar-refractivity contribution in [3.05, 3.63) is 27.7 Å². The quantitative estimate of drug-likeness (QED) is 0.771. The highest BCUT2D eigenvalue weighted by molar-refractivity contribution is 6.43. The molecule has 0 saturated heterocycles. The van der Waals surface area contributed by atoms with Gasteiger partial charge in [-0.05, 0) is 18.1 Å². The molecule has 4 N–H and O–H groups in total. The third-order valence-corrected chi connectivity index (χ3v) is 3.34. The number of hydrogen-bond donors (Lipinski definition) is 3. The summed E-state index contributed by atoms with van der Waals surface area (Å²) in [6.45, 7) is 2.22. The zero-order chi connectivity index (χ0) is 13.0. The minimum atomic E-state index is -0.409. The SMILES string of the molecule is CCC(NCc1ccc(O)c(Cl)c1Cl)C(N)=O. The summed E-state index contributed by atoms with van der Waals surface area (Å²) in [6.07, 6.45) is 0.596. The van der Waals surface area contributed by atoms with Crippen molar-refractivity contribution in [1.29, 1.82) is 0 Å². The molecule has 0 heterocycles. The average Bonchev–Trinajstić information content (AvgIpc) is 2.29. The fourth-order valence-corrected chi connectivity index (χ4v) is 1.81. The molecule has 0 radical (unpaired) electrons. The van der Waals surface area contributed by atoms with Crippen LogP contribution in [0.2, 0.25) is 10.0 Å². The summed E-state index contributed by atoms with van der Waals surface area (Å²) >= 11 is 11.7. The minimum Gasteiger partial charge on any atom is -0.506 e. The van der Waals surface area contributed by atoms with Crippen molar-refractivity contribution in [2.45, 2.75) is 25.9 Å². The second kappa shape index (κ2) is 6.10. The van der Waals surface area contributed by atoms with Gasteiger partial charge in [0, 0.05) is 6.54 Å². The van der Waals surface area contributed by atoms with E-state index in [1.165, 1.54) is 6.07 Å². The van der Waals surface area contributed by atoms with Crippen LogP contribution in [0.15, 0.2) is 12.1 Å². The number of halogens is 2. The molecular formula is C11H14Cl2N2O2. The van der Waals surface area contributed by atoms with Crippen LogP contribution in [-0.4, -0.2) is 17.1 Å². The Morgan fingerprint density at radius 3 is 2.65 bits per heavy atom. The largest absolute Gasteiger partial charge is 0.506 e. The Hall–Kier alpha value is -0.970. The van der Waals surface area contributed by atoms with Gasteiger partial charge in [0.15, 0.2) is 0 Å². The van der Waals surface area contributed by atoms with E-state index in [4.69, 9.17) is 28.9 Å². The second-order valence-electron chi connectivity index (χ2n) is 3.62. The molecule has 17 heavy (non-hydrogen) atoms.